The quantitative estimate of drug-likeness (QED) is 0.828. The molecular formula is C14H13BrN2O3S. The van der Waals surface area contributed by atoms with E-state index in [0.717, 1.165) is 9.35 Å². The Morgan fingerprint density at radius 3 is 2.90 bits per heavy atom. The highest BCUT2D eigenvalue weighted by molar-refractivity contribution is 9.10. The predicted octanol–water partition coefficient (Wildman–Crippen LogP) is 3.16. The zero-order chi connectivity index (χ0) is 15.6. The van der Waals surface area contributed by atoms with Gasteiger partial charge in [0, 0.05) is 14.7 Å². The van der Waals surface area contributed by atoms with E-state index in [9.17, 15) is 10.1 Å². The van der Waals surface area contributed by atoms with Crippen LogP contribution in [0.25, 0.3) is 0 Å². The molecule has 1 aliphatic heterocycles. The van der Waals surface area contributed by atoms with Gasteiger partial charge in [0.1, 0.15) is 17.4 Å². The van der Waals surface area contributed by atoms with E-state index in [1.807, 2.05) is 17.5 Å². The summed E-state index contributed by atoms with van der Waals surface area (Å²) in [6, 6.07) is 3.90. The Morgan fingerprint density at radius 2 is 2.38 bits per heavy atom. The molecule has 0 aromatic carbocycles. The van der Waals surface area contributed by atoms with Crippen molar-refractivity contribution in [2.24, 2.45) is 5.73 Å². The summed E-state index contributed by atoms with van der Waals surface area (Å²) in [5.74, 6) is -0.666. The van der Waals surface area contributed by atoms with Crippen LogP contribution in [0.4, 0.5) is 0 Å². The molecule has 0 amide bonds. The van der Waals surface area contributed by atoms with Crippen LogP contribution in [0.2, 0.25) is 0 Å². The standard InChI is InChI=1S/C14H13BrN2O3S/c1-3-19-14(18)11-7(2)20-13(17)9(5-16)12(11)10-4-8(15)6-21-10/h4,6,12H,3,17H2,1-2H3/t12-/m0/s1. The molecule has 1 aromatic rings. The second-order valence-electron chi connectivity index (χ2n) is 4.28. The zero-order valence-electron chi connectivity index (χ0n) is 11.5. The average molecular weight is 369 g/mol. The number of allylic oxidation sites excluding steroid dienone is 2. The minimum Gasteiger partial charge on any atom is -0.463 e. The number of hydrogen-bond donors (Lipinski definition) is 1. The summed E-state index contributed by atoms with van der Waals surface area (Å²) in [6.45, 7) is 3.62. The Hall–Kier alpha value is -1.78. The molecule has 0 saturated carbocycles. The Labute approximate surface area is 134 Å². The van der Waals surface area contributed by atoms with E-state index >= 15 is 0 Å². The van der Waals surface area contributed by atoms with Gasteiger partial charge in [0.2, 0.25) is 5.88 Å². The molecule has 110 valence electrons. The number of rotatable bonds is 3. The summed E-state index contributed by atoms with van der Waals surface area (Å²) in [5, 5.41) is 11.2. The predicted molar refractivity (Wildman–Crippen MR) is 82.0 cm³/mol. The molecule has 2 N–H and O–H groups in total. The third-order valence-electron chi connectivity index (χ3n) is 2.97. The smallest absolute Gasteiger partial charge is 0.338 e. The van der Waals surface area contributed by atoms with Crippen molar-refractivity contribution in [2.75, 3.05) is 6.61 Å². The number of ether oxygens (including phenoxy) is 2. The number of halogens is 1. The van der Waals surface area contributed by atoms with Crippen molar-refractivity contribution in [3.63, 3.8) is 0 Å². The van der Waals surface area contributed by atoms with Gasteiger partial charge in [-0.3, -0.25) is 0 Å². The highest BCUT2D eigenvalue weighted by Gasteiger charge is 2.37. The second kappa shape index (κ2) is 6.33. The maximum absolute atomic E-state index is 12.2. The van der Waals surface area contributed by atoms with E-state index < -0.39 is 11.9 Å². The van der Waals surface area contributed by atoms with E-state index in [4.69, 9.17) is 15.2 Å². The van der Waals surface area contributed by atoms with Gasteiger partial charge >= 0.3 is 5.97 Å². The normalized spacial score (nSPS) is 18.3. The Morgan fingerprint density at radius 1 is 1.67 bits per heavy atom. The Balaban J connectivity index is 2.57. The van der Waals surface area contributed by atoms with Gasteiger partial charge in [0.05, 0.1) is 18.1 Å². The van der Waals surface area contributed by atoms with Crippen molar-refractivity contribution < 1.29 is 14.3 Å². The topological polar surface area (TPSA) is 85.3 Å². The van der Waals surface area contributed by atoms with E-state index in [-0.39, 0.29) is 18.1 Å². The first-order valence-electron chi connectivity index (χ1n) is 6.19. The van der Waals surface area contributed by atoms with Crippen molar-refractivity contribution in [3.8, 4) is 6.07 Å². The number of carbonyl (C=O) groups is 1. The number of nitrogens with two attached hydrogens (primary N) is 1. The zero-order valence-corrected chi connectivity index (χ0v) is 13.9. The van der Waals surface area contributed by atoms with Crippen molar-refractivity contribution in [1.82, 2.24) is 0 Å². The van der Waals surface area contributed by atoms with Gasteiger partial charge in [-0.05, 0) is 35.8 Å². The molecule has 1 atom stereocenters. The molecule has 0 unspecified atom stereocenters. The summed E-state index contributed by atoms with van der Waals surface area (Å²) in [5.41, 5.74) is 6.33. The molecule has 21 heavy (non-hydrogen) atoms. The van der Waals surface area contributed by atoms with Gasteiger partial charge < -0.3 is 15.2 Å². The summed E-state index contributed by atoms with van der Waals surface area (Å²) in [7, 11) is 0. The van der Waals surface area contributed by atoms with Crippen LogP contribution in [-0.4, -0.2) is 12.6 Å². The van der Waals surface area contributed by atoms with Gasteiger partial charge in [-0.1, -0.05) is 0 Å². The lowest BCUT2D eigenvalue weighted by Crippen LogP contribution is -2.25. The van der Waals surface area contributed by atoms with Crippen LogP contribution in [0.15, 0.2) is 38.7 Å². The summed E-state index contributed by atoms with van der Waals surface area (Å²) in [6.07, 6.45) is 0. The number of thiophene rings is 1. The van der Waals surface area contributed by atoms with Crippen LogP contribution in [0.5, 0.6) is 0 Å². The first-order valence-corrected chi connectivity index (χ1v) is 7.86. The molecule has 2 heterocycles. The first kappa shape index (κ1) is 15.6. The number of hydrogen-bond acceptors (Lipinski definition) is 6. The lowest BCUT2D eigenvalue weighted by Gasteiger charge is -2.25. The number of carbonyl (C=O) groups excluding carboxylic acids is 1. The fraction of sp³-hybridized carbons (Fsp3) is 0.286. The molecule has 0 saturated heterocycles. The van der Waals surface area contributed by atoms with Gasteiger partial charge in [-0.15, -0.1) is 11.3 Å². The maximum Gasteiger partial charge on any atom is 0.338 e. The molecule has 7 heteroatoms. The molecule has 0 bridgehead atoms. The number of nitrogens with zero attached hydrogens (tertiary/aromatic N) is 1. The number of nitriles is 1. The molecular weight excluding hydrogens is 356 g/mol. The third-order valence-corrected chi connectivity index (χ3v) is 4.73. The maximum atomic E-state index is 12.2. The Bertz CT molecular complexity index is 685. The fourth-order valence-electron chi connectivity index (χ4n) is 2.12. The minimum atomic E-state index is -0.556. The van der Waals surface area contributed by atoms with Crippen LogP contribution in [0, 0.1) is 11.3 Å². The van der Waals surface area contributed by atoms with Crippen LogP contribution in [0.3, 0.4) is 0 Å². The Kier molecular flexibility index (Phi) is 4.70. The first-order chi connectivity index (χ1) is 9.99. The summed E-state index contributed by atoms with van der Waals surface area (Å²) in [4.78, 5) is 13.1. The second-order valence-corrected chi connectivity index (χ2v) is 6.14. The van der Waals surface area contributed by atoms with E-state index in [2.05, 4.69) is 15.9 Å². The van der Waals surface area contributed by atoms with Crippen LogP contribution < -0.4 is 5.73 Å². The van der Waals surface area contributed by atoms with Crippen molar-refractivity contribution in [3.05, 3.63) is 43.6 Å². The van der Waals surface area contributed by atoms with Crippen LogP contribution >= 0.6 is 27.3 Å². The SMILES string of the molecule is CCOC(=O)C1=C(C)OC(N)=C(C#N)[C@H]1c1cc(Br)cs1. The largest absolute Gasteiger partial charge is 0.463 e. The van der Waals surface area contributed by atoms with E-state index in [0.29, 0.717) is 11.3 Å². The molecule has 0 fully saturated rings. The fourth-order valence-corrected chi connectivity index (χ4v) is 3.68. The lowest BCUT2D eigenvalue weighted by molar-refractivity contribution is -0.139. The molecule has 0 radical (unpaired) electrons. The van der Waals surface area contributed by atoms with Gasteiger partial charge in [-0.2, -0.15) is 5.26 Å². The molecule has 0 spiro atoms. The molecule has 5 nitrogen and oxygen atoms in total. The third kappa shape index (κ3) is 2.96. The van der Waals surface area contributed by atoms with Crippen molar-refractivity contribution in [2.45, 2.75) is 19.8 Å². The molecule has 1 aromatic heterocycles. The van der Waals surface area contributed by atoms with Gasteiger partial charge in [-0.25, -0.2) is 4.79 Å². The highest BCUT2D eigenvalue weighted by atomic mass is 79.9. The number of esters is 1. The van der Waals surface area contributed by atoms with Crippen molar-refractivity contribution >= 4 is 33.2 Å². The summed E-state index contributed by atoms with van der Waals surface area (Å²) >= 11 is 4.81. The molecule has 0 aliphatic carbocycles. The van der Waals surface area contributed by atoms with E-state index in [1.54, 1.807) is 13.8 Å². The van der Waals surface area contributed by atoms with Crippen LogP contribution in [0.1, 0.15) is 24.6 Å². The average Bonchev–Trinajstić information content (AvgIpc) is 2.84. The highest BCUT2D eigenvalue weighted by Crippen LogP contribution is 2.42. The summed E-state index contributed by atoms with van der Waals surface area (Å²) < 4.78 is 11.3. The van der Waals surface area contributed by atoms with E-state index in [1.165, 1.54) is 11.3 Å². The minimum absolute atomic E-state index is 0.0255. The van der Waals surface area contributed by atoms with Gasteiger partial charge in [0.25, 0.3) is 0 Å². The van der Waals surface area contributed by atoms with Crippen molar-refractivity contribution in [1.29, 1.82) is 5.26 Å². The van der Waals surface area contributed by atoms with Gasteiger partial charge in [0.15, 0.2) is 0 Å². The molecule has 1 aliphatic rings. The monoisotopic (exact) mass is 368 g/mol. The lowest BCUT2D eigenvalue weighted by atomic mass is 9.87. The van der Waals surface area contributed by atoms with Crippen LogP contribution in [-0.2, 0) is 14.3 Å². The molecule has 2 rings (SSSR count).